The van der Waals surface area contributed by atoms with Gasteiger partial charge in [-0.15, -0.1) is 0 Å². The van der Waals surface area contributed by atoms with E-state index < -0.39 is 11.9 Å². The van der Waals surface area contributed by atoms with Gasteiger partial charge in [0.25, 0.3) is 5.91 Å². The van der Waals surface area contributed by atoms with Crippen LogP contribution in [0.1, 0.15) is 18.4 Å². The normalized spacial score (nSPS) is 14.1. The first-order valence-corrected chi connectivity index (χ1v) is 8.81. The summed E-state index contributed by atoms with van der Waals surface area (Å²) in [6.45, 7) is 0.352. The second kappa shape index (κ2) is 9.60. The molecule has 28 heavy (non-hydrogen) atoms. The van der Waals surface area contributed by atoms with Crippen LogP contribution < -0.4 is 9.47 Å². The fourth-order valence-electron chi connectivity index (χ4n) is 2.87. The smallest absolute Gasteiger partial charge is 0.306 e. The van der Waals surface area contributed by atoms with E-state index >= 15 is 0 Å². The molecule has 1 aliphatic rings. The van der Waals surface area contributed by atoms with Crippen molar-refractivity contribution < 1.29 is 29.0 Å². The van der Waals surface area contributed by atoms with Crippen molar-refractivity contribution in [2.45, 2.75) is 12.8 Å². The molecular weight excluding hydrogens is 366 g/mol. The average molecular weight is 389 g/mol. The van der Waals surface area contributed by atoms with E-state index in [1.807, 2.05) is 6.07 Å². The van der Waals surface area contributed by atoms with Crippen molar-refractivity contribution in [3.05, 3.63) is 23.8 Å². The molecule has 1 saturated heterocycles. The van der Waals surface area contributed by atoms with E-state index in [0.717, 1.165) is 0 Å². The molecule has 1 heterocycles. The van der Waals surface area contributed by atoms with E-state index in [0.29, 0.717) is 43.0 Å². The molecule has 1 aliphatic heterocycles. The van der Waals surface area contributed by atoms with E-state index in [9.17, 15) is 14.4 Å². The molecule has 9 nitrogen and oxygen atoms in total. The summed E-state index contributed by atoms with van der Waals surface area (Å²) in [5.74, 6) is -1.21. The Morgan fingerprint density at radius 3 is 2.54 bits per heavy atom. The van der Waals surface area contributed by atoms with Gasteiger partial charge < -0.3 is 24.4 Å². The fraction of sp³-hybridized carbons (Fsp3) is 0.474. The van der Waals surface area contributed by atoms with Crippen molar-refractivity contribution in [3.8, 4) is 17.6 Å². The van der Waals surface area contributed by atoms with Gasteiger partial charge in [-0.1, -0.05) is 0 Å². The highest BCUT2D eigenvalue weighted by molar-refractivity contribution is 5.85. The molecule has 9 heteroatoms. The number of amides is 2. The molecule has 0 aliphatic carbocycles. The number of carboxylic acid groups (broad SMARTS) is 1. The molecule has 0 unspecified atom stereocenters. The fourth-order valence-corrected chi connectivity index (χ4v) is 2.87. The summed E-state index contributed by atoms with van der Waals surface area (Å²) >= 11 is 0. The summed E-state index contributed by atoms with van der Waals surface area (Å²) < 4.78 is 10.6. The molecule has 150 valence electrons. The number of benzene rings is 1. The van der Waals surface area contributed by atoms with Crippen LogP contribution in [0.3, 0.4) is 0 Å². The first-order chi connectivity index (χ1) is 13.3. The van der Waals surface area contributed by atoms with Gasteiger partial charge in [-0.3, -0.25) is 14.4 Å². The predicted octanol–water partition coefficient (Wildman–Crippen LogP) is 0.727. The summed E-state index contributed by atoms with van der Waals surface area (Å²) in [7, 11) is 2.94. The van der Waals surface area contributed by atoms with Crippen molar-refractivity contribution in [2.75, 3.05) is 40.4 Å². The third-order valence-corrected chi connectivity index (χ3v) is 4.64. The number of aliphatic carboxylic acids is 1. The van der Waals surface area contributed by atoms with Gasteiger partial charge in [0.05, 0.1) is 31.2 Å². The van der Waals surface area contributed by atoms with E-state index in [-0.39, 0.29) is 25.0 Å². The van der Waals surface area contributed by atoms with Crippen LogP contribution in [0.2, 0.25) is 0 Å². The Labute approximate surface area is 163 Å². The Hall–Kier alpha value is -3.28. The van der Waals surface area contributed by atoms with Crippen LogP contribution in [0.15, 0.2) is 18.2 Å². The second-order valence-electron chi connectivity index (χ2n) is 6.51. The Kier molecular flexibility index (Phi) is 7.21. The molecule has 2 rings (SSSR count). The Morgan fingerprint density at radius 2 is 1.96 bits per heavy atom. The molecule has 0 radical (unpaired) electrons. The van der Waals surface area contributed by atoms with Crippen LogP contribution in [-0.2, 0) is 14.4 Å². The molecule has 0 spiro atoms. The molecule has 1 aromatic carbocycles. The minimum Gasteiger partial charge on any atom is -0.493 e. The van der Waals surface area contributed by atoms with E-state index in [1.54, 1.807) is 17.0 Å². The van der Waals surface area contributed by atoms with Crippen molar-refractivity contribution in [2.24, 2.45) is 5.92 Å². The Morgan fingerprint density at radius 1 is 1.29 bits per heavy atom. The summed E-state index contributed by atoms with van der Waals surface area (Å²) in [4.78, 5) is 38.4. The van der Waals surface area contributed by atoms with Gasteiger partial charge in [0.1, 0.15) is 0 Å². The van der Waals surface area contributed by atoms with E-state index in [2.05, 4.69) is 0 Å². The highest BCUT2D eigenvalue weighted by atomic mass is 16.5. The molecule has 0 atom stereocenters. The SMILES string of the molecule is COc1cc(C#N)ccc1OCC(=O)N(C)CC(=O)N1CCC(C(=O)O)CC1. The number of rotatable bonds is 7. The van der Waals surface area contributed by atoms with Crippen molar-refractivity contribution >= 4 is 17.8 Å². The summed E-state index contributed by atoms with van der Waals surface area (Å²) in [5, 5.41) is 17.9. The van der Waals surface area contributed by atoms with E-state index in [4.69, 9.17) is 19.8 Å². The molecule has 1 N–H and O–H groups in total. The number of likely N-dealkylation sites (N-methyl/N-ethyl adjacent to an activating group) is 1. The molecule has 1 aromatic rings. The lowest BCUT2D eigenvalue weighted by Crippen LogP contribution is -2.46. The quantitative estimate of drug-likeness (QED) is 0.730. The maximum atomic E-state index is 12.3. The number of hydrogen-bond acceptors (Lipinski definition) is 6. The lowest BCUT2D eigenvalue weighted by molar-refractivity contribution is -0.146. The largest absolute Gasteiger partial charge is 0.493 e. The van der Waals surface area contributed by atoms with Gasteiger partial charge >= 0.3 is 5.97 Å². The van der Waals surface area contributed by atoms with Gasteiger partial charge in [0.2, 0.25) is 5.91 Å². The number of hydrogen-bond donors (Lipinski definition) is 1. The number of carbonyl (C=O) groups is 3. The van der Waals surface area contributed by atoms with Crippen LogP contribution in [0.25, 0.3) is 0 Å². The van der Waals surface area contributed by atoms with Crippen LogP contribution in [-0.4, -0.2) is 73.1 Å². The third-order valence-electron chi connectivity index (χ3n) is 4.64. The molecular formula is C19H23N3O6. The average Bonchev–Trinajstić information content (AvgIpc) is 2.71. The van der Waals surface area contributed by atoms with Gasteiger partial charge in [0, 0.05) is 26.2 Å². The first-order valence-electron chi connectivity index (χ1n) is 8.81. The predicted molar refractivity (Wildman–Crippen MR) is 97.8 cm³/mol. The maximum absolute atomic E-state index is 12.3. The monoisotopic (exact) mass is 389 g/mol. The zero-order valence-corrected chi connectivity index (χ0v) is 15.9. The number of methoxy groups -OCH3 is 1. The van der Waals surface area contributed by atoms with Crippen molar-refractivity contribution in [1.29, 1.82) is 5.26 Å². The number of nitriles is 1. The lowest BCUT2D eigenvalue weighted by Gasteiger charge is -2.31. The zero-order valence-electron chi connectivity index (χ0n) is 15.9. The zero-order chi connectivity index (χ0) is 20.7. The van der Waals surface area contributed by atoms with Crippen LogP contribution >= 0.6 is 0 Å². The van der Waals surface area contributed by atoms with Crippen LogP contribution in [0, 0.1) is 17.2 Å². The molecule has 0 bridgehead atoms. The summed E-state index contributed by atoms with van der Waals surface area (Å²) in [5.41, 5.74) is 0.407. The van der Waals surface area contributed by atoms with Gasteiger partial charge in [-0.25, -0.2) is 0 Å². The topological polar surface area (TPSA) is 120 Å². The minimum absolute atomic E-state index is 0.107. The lowest BCUT2D eigenvalue weighted by atomic mass is 9.97. The number of piperidine rings is 1. The van der Waals surface area contributed by atoms with Gasteiger partial charge in [-0.05, 0) is 25.0 Å². The second-order valence-corrected chi connectivity index (χ2v) is 6.51. The molecule has 0 aromatic heterocycles. The highest BCUT2D eigenvalue weighted by Crippen LogP contribution is 2.27. The number of carbonyl (C=O) groups excluding carboxylic acids is 2. The third kappa shape index (κ3) is 5.36. The van der Waals surface area contributed by atoms with Crippen LogP contribution in [0.4, 0.5) is 0 Å². The number of nitrogens with zero attached hydrogens (tertiary/aromatic N) is 3. The molecule has 0 saturated carbocycles. The number of carboxylic acids is 1. The highest BCUT2D eigenvalue weighted by Gasteiger charge is 2.28. The van der Waals surface area contributed by atoms with Crippen molar-refractivity contribution in [1.82, 2.24) is 9.80 Å². The van der Waals surface area contributed by atoms with Gasteiger partial charge in [-0.2, -0.15) is 5.26 Å². The minimum atomic E-state index is -0.838. The maximum Gasteiger partial charge on any atom is 0.306 e. The molecule has 1 fully saturated rings. The standard InChI is InChI=1S/C19H23N3O6/c1-21(11-17(23)22-7-5-14(6-8-22)19(25)26)18(24)12-28-15-4-3-13(10-20)9-16(15)27-2/h3-4,9,14H,5-8,11-12H2,1-2H3,(H,25,26). The summed E-state index contributed by atoms with van der Waals surface area (Å²) in [6.07, 6.45) is 0.834. The first kappa shape index (κ1) is 21.0. The van der Waals surface area contributed by atoms with Gasteiger partial charge in [0.15, 0.2) is 18.1 Å². The molecule has 2 amide bonds. The Bertz CT molecular complexity index is 780. The number of ether oxygens (including phenoxy) is 2. The Balaban J connectivity index is 1.84. The van der Waals surface area contributed by atoms with Crippen molar-refractivity contribution in [3.63, 3.8) is 0 Å². The number of likely N-dealkylation sites (tertiary alicyclic amines) is 1. The summed E-state index contributed by atoms with van der Waals surface area (Å²) in [6, 6.07) is 6.59. The van der Waals surface area contributed by atoms with E-state index in [1.165, 1.54) is 25.1 Å². The van der Waals surface area contributed by atoms with Crippen LogP contribution in [0.5, 0.6) is 11.5 Å².